The fourth-order valence-electron chi connectivity index (χ4n) is 1.60. The highest BCUT2D eigenvalue weighted by molar-refractivity contribution is 5.87. The van der Waals surface area contributed by atoms with Crippen molar-refractivity contribution in [2.24, 2.45) is 0 Å². The molecule has 5 nitrogen and oxygen atoms in total. The Balaban J connectivity index is 3.01. The molecular weight excluding hydrogens is 212 g/mol. The molecule has 0 aromatic heterocycles. The Morgan fingerprint density at radius 1 is 0.750 bits per heavy atom. The number of ether oxygens (including phenoxy) is 2. The van der Waals surface area contributed by atoms with Gasteiger partial charge in [0.1, 0.15) is 0 Å². The summed E-state index contributed by atoms with van der Waals surface area (Å²) in [5.74, 6) is 0.634. The Kier molecular flexibility index (Phi) is 2.23. The third-order valence-corrected chi connectivity index (χ3v) is 2.43. The first-order valence-corrected chi connectivity index (χ1v) is 4.49. The molecule has 0 amide bonds. The van der Waals surface area contributed by atoms with E-state index in [9.17, 15) is 14.4 Å². The molecule has 16 heavy (non-hydrogen) atoms. The Morgan fingerprint density at radius 2 is 1.12 bits per heavy atom. The van der Waals surface area contributed by atoms with Gasteiger partial charge in [-0.05, 0) is 12.1 Å². The largest absolute Gasteiger partial charge is 0.493 e. The van der Waals surface area contributed by atoms with Crippen molar-refractivity contribution in [1.29, 1.82) is 0 Å². The zero-order valence-corrected chi connectivity index (χ0v) is 8.70. The van der Waals surface area contributed by atoms with E-state index < -0.39 is 16.3 Å². The zero-order valence-electron chi connectivity index (χ0n) is 8.70. The van der Waals surface area contributed by atoms with Crippen molar-refractivity contribution >= 4 is 10.8 Å². The summed E-state index contributed by atoms with van der Waals surface area (Å²) in [6.07, 6.45) is 0. The highest BCUT2D eigenvalue weighted by Crippen LogP contribution is 2.29. The molecule has 0 spiro atoms. The number of rotatable bonds is 2. The van der Waals surface area contributed by atoms with Crippen molar-refractivity contribution in [2.45, 2.75) is 0 Å². The monoisotopic (exact) mass is 220 g/mol. The molecule has 5 heteroatoms. The number of fused-ring (bicyclic) bond motifs is 1. The average molecular weight is 220 g/mol. The number of methoxy groups -OCH3 is 2. The number of benzene rings is 1. The minimum atomic E-state index is -1.01. The minimum absolute atomic E-state index is 0.0765. The summed E-state index contributed by atoms with van der Waals surface area (Å²) in [5.41, 5.74) is -2.59. The fraction of sp³-hybridized carbons (Fsp3) is 0.182. The van der Waals surface area contributed by atoms with Crippen molar-refractivity contribution in [2.75, 3.05) is 14.2 Å². The van der Waals surface area contributed by atoms with Gasteiger partial charge in [-0.15, -0.1) is 0 Å². The van der Waals surface area contributed by atoms with Gasteiger partial charge in [-0.3, -0.25) is 14.4 Å². The fourth-order valence-corrected chi connectivity index (χ4v) is 1.60. The van der Waals surface area contributed by atoms with Crippen LogP contribution in [0.5, 0.6) is 11.5 Å². The van der Waals surface area contributed by atoms with Crippen LogP contribution in [-0.4, -0.2) is 14.2 Å². The normalized spacial score (nSPS) is 10.6. The van der Waals surface area contributed by atoms with Gasteiger partial charge >= 0.3 is 0 Å². The molecule has 0 saturated heterocycles. The molecule has 2 rings (SSSR count). The molecule has 2 aromatic carbocycles. The van der Waals surface area contributed by atoms with Crippen molar-refractivity contribution in [3.63, 3.8) is 0 Å². The third kappa shape index (κ3) is 1.21. The van der Waals surface area contributed by atoms with E-state index in [0.29, 0.717) is 11.5 Å². The van der Waals surface area contributed by atoms with Gasteiger partial charge in [-0.1, -0.05) is 0 Å². The summed E-state index contributed by atoms with van der Waals surface area (Å²) in [7, 11) is 2.82. The maximum absolute atomic E-state index is 11.4. The van der Waals surface area contributed by atoms with E-state index in [2.05, 4.69) is 0 Å². The lowest BCUT2D eigenvalue weighted by Gasteiger charge is -2.06. The Morgan fingerprint density at radius 3 is 1.44 bits per heavy atom. The van der Waals surface area contributed by atoms with Gasteiger partial charge in [0.25, 0.3) is 5.43 Å². The molecule has 0 atom stereocenters. The van der Waals surface area contributed by atoms with Crippen LogP contribution in [-0.2, 0) is 0 Å². The van der Waals surface area contributed by atoms with Crippen molar-refractivity contribution in [1.82, 2.24) is 0 Å². The van der Waals surface area contributed by atoms with Crippen LogP contribution in [0, 0.1) is 0 Å². The molecule has 0 fully saturated rings. The van der Waals surface area contributed by atoms with E-state index in [4.69, 9.17) is 9.47 Å². The first-order chi connectivity index (χ1) is 7.60. The summed E-state index contributed by atoms with van der Waals surface area (Å²) in [4.78, 5) is 34.0. The van der Waals surface area contributed by atoms with E-state index in [1.807, 2.05) is 0 Å². The topological polar surface area (TPSA) is 69.7 Å². The molecule has 0 saturated carbocycles. The third-order valence-electron chi connectivity index (χ3n) is 2.43. The lowest BCUT2D eigenvalue weighted by atomic mass is 10.2. The molecule has 0 unspecified atom stereocenters. The van der Waals surface area contributed by atoms with Gasteiger partial charge in [0.2, 0.25) is 10.9 Å². The van der Waals surface area contributed by atoms with Crippen LogP contribution in [0.2, 0.25) is 0 Å². The molecule has 2 aromatic rings. The lowest BCUT2D eigenvalue weighted by Crippen LogP contribution is -2.29. The number of hydrogen-bond acceptors (Lipinski definition) is 5. The molecule has 0 radical (unpaired) electrons. The standard InChI is InChI=1S/C11H8O5/c1-15-7-3-5-6(4-8(7)16-2)10(13)11(14)9(5)12/h3-4H,1-2H3. The van der Waals surface area contributed by atoms with E-state index in [1.54, 1.807) is 0 Å². The maximum atomic E-state index is 11.4. The van der Waals surface area contributed by atoms with Crippen LogP contribution >= 0.6 is 0 Å². The van der Waals surface area contributed by atoms with Gasteiger partial charge in [0.15, 0.2) is 11.5 Å². The van der Waals surface area contributed by atoms with Crippen molar-refractivity contribution < 1.29 is 9.47 Å². The summed E-state index contributed by atoms with van der Waals surface area (Å²) in [6.45, 7) is 0. The molecule has 0 aliphatic heterocycles. The molecule has 0 aliphatic rings. The molecule has 82 valence electrons. The Bertz CT molecular complexity index is 634. The predicted octanol–water partition coefficient (Wildman–Crippen LogP) is -0.187. The average Bonchev–Trinajstić information content (AvgIpc) is 2.52. The summed E-state index contributed by atoms with van der Waals surface area (Å²) in [6, 6.07) is 2.69. The van der Waals surface area contributed by atoms with Crippen LogP contribution < -0.4 is 25.8 Å². The Hall–Kier alpha value is -2.17. The molecule has 0 N–H and O–H groups in total. The quantitative estimate of drug-likeness (QED) is 0.656. The van der Waals surface area contributed by atoms with Gasteiger partial charge < -0.3 is 9.47 Å². The summed E-state index contributed by atoms with van der Waals surface area (Å²) >= 11 is 0. The second-order valence-electron chi connectivity index (χ2n) is 3.24. The first kappa shape index (κ1) is 10.4. The molecular formula is C11H8O5. The van der Waals surface area contributed by atoms with Crippen LogP contribution in [0.15, 0.2) is 26.5 Å². The molecule has 0 heterocycles. The Labute approximate surface area is 89.5 Å². The van der Waals surface area contributed by atoms with Gasteiger partial charge in [0.05, 0.1) is 14.2 Å². The van der Waals surface area contributed by atoms with Gasteiger partial charge in [0, 0.05) is 10.8 Å². The van der Waals surface area contributed by atoms with Gasteiger partial charge in [-0.25, -0.2) is 0 Å². The minimum Gasteiger partial charge on any atom is -0.493 e. The van der Waals surface area contributed by atoms with E-state index in [0.717, 1.165) is 0 Å². The smallest absolute Gasteiger partial charge is 0.273 e. The highest BCUT2D eigenvalue weighted by atomic mass is 16.5. The lowest BCUT2D eigenvalue weighted by molar-refractivity contribution is 0.356. The second kappa shape index (κ2) is 3.44. The van der Waals surface area contributed by atoms with Crippen LogP contribution in [0.1, 0.15) is 0 Å². The summed E-state index contributed by atoms with van der Waals surface area (Å²) in [5, 5.41) is 0.153. The van der Waals surface area contributed by atoms with E-state index in [1.165, 1.54) is 26.4 Å². The highest BCUT2D eigenvalue weighted by Gasteiger charge is 2.16. The van der Waals surface area contributed by atoms with Crippen LogP contribution in [0.4, 0.5) is 0 Å². The van der Waals surface area contributed by atoms with Gasteiger partial charge in [-0.2, -0.15) is 0 Å². The van der Waals surface area contributed by atoms with Crippen LogP contribution in [0.3, 0.4) is 0 Å². The predicted molar refractivity (Wildman–Crippen MR) is 58.2 cm³/mol. The SMILES string of the molecule is COc1cc2c(=O)c(=O)c(=O)c2cc1OC. The number of hydrogen-bond donors (Lipinski definition) is 0. The van der Waals surface area contributed by atoms with E-state index in [-0.39, 0.29) is 10.8 Å². The van der Waals surface area contributed by atoms with E-state index >= 15 is 0 Å². The first-order valence-electron chi connectivity index (χ1n) is 4.49. The van der Waals surface area contributed by atoms with Crippen LogP contribution in [0.25, 0.3) is 10.8 Å². The summed E-state index contributed by atoms with van der Waals surface area (Å²) < 4.78 is 9.96. The zero-order chi connectivity index (χ0) is 11.9. The van der Waals surface area contributed by atoms with Crippen molar-refractivity contribution in [3.05, 3.63) is 42.8 Å². The second-order valence-corrected chi connectivity index (χ2v) is 3.24. The van der Waals surface area contributed by atoms with Crippen molar-refractivity contribution in [3.8, 4) is 11.5 Å². The maximum Gasteiger partial charge on any atom is 0.273 e. The molecule has 0 bridgehead atoms. The molecule has 0 aliphatic carbocycles.